The van der Waals surface area contributed by atoms with Gasteiger partial charge in [-0.15, -0.1) is 0 Å². The number of carbonyl (C=O) groups excluding carboxylic acids is 1. The van der Waals surface area contributed by atoms with Crippen molar-refractivity contribution >= 4 is 33.7 Å². The predicted octanol–water partition coefficient (Wildman–Crippen LogP) is 4.40. The van der Waals surface area contributed by atoms with Crippen LogP contribution in [0.15, 0.2) is 62.5 Å². The third-order valence-electron chi connectivity index (χ3n) is 4.06. The first-order valence-corrected chi connectivity index (χ1v) is 9.32. The molecule has 1 heterocycles. The topological polar surface area (TPSA) is 116 Å². The molecule has 1 aromatic heterocycles. The highest BCUT2D eigenvalue weighted by Gasteiger charge is 2.19. The van der Waals surface area contributed by atoms with Gasteiger partial charge in [0.25, 0.3) is 11.6 Å². The molecule has 0 aliphatic carbocycles. The number of methoxy groups -OCH3 is 2. The standard InChI is InChI=1S/C20H16BrN3O6/c1-28-13-4-6-15(17(10-13)24(26)27)19-8-5-14(30-19)11-22-23-20(25)16-9-12(21)3-7-18(16)29-2/h3-11H,1-2H3,(H,23,25)/b22-11-. The maximum atomic E-state index is 12.3. The van der Waals surface area contributed by atoms with Crippen LogP contribution in [0, 0.1) is 10.1 Å². The van der Waals surface area contributed by atoms with E-state index in [2.05, 4.69) is 26.5 Å². The van der Waals surface area contributed by atoms with Crippen LogP contribution >= 0.6 is 15.9 Å². The van der Waals surface area contributed by atoms with E-state index < -0.39 is 10.8 Å². The third kappa shape index (κ3) is 4.66. The lowest BCUT2D eigenvalue weighted by molar-refractivity contribution is -0.384. The normalized spacial score (nSPS) is 10.8. The highest BCUT2D eigenvalue weighted by Crippen LogP contribution is 2.34. The number of nitrogens with zero attached hydrogens (tertiary/aromatic N) is 2. The summed E-state index contributed by atoms with van der Waals surface area (Å²) >= 11 is 3.30. The Labute approximate surface area is 179 Å². The Morgan fingerprint density at radius 2 is 1.97 bits per heavy atom. The maximum absolute atomic E-state index is 12.3. The summed E-state index contributed by atoms with van der Waals surface area (Å²) < 4.78 is 16.5. The molecule has 154 valence electrons. The number of furan rings is 1. The summed E-state index contributed by atoms with van der Waals surface area (Å²) in [5, 5.41) is 15.2. The molecule has 0 radical (unpaired) electrons. The summed E-state index contributed by atoms with van der Waals surface area (Å²) in [5.41, 5.74) is 2.84. The van der Waals surface area contributed by atoms with E-state index >= 15 is 0 Å². The van der Waals surface area contributed by atoms with E-state index in [1.807, 2.05) is 0 Å². The number of nitrogens with one attached hydrogen (secondary N) is 1. The van der Waals surface area contributed by atoms with Crippen LogP contribution in [0.3, 0.4) is 0 Å². The highest BCUT2D eigenvalue weighted by atomic mass is 79.9. The quantitative estimate of drug-likeness (QED) is 0.308. The van der Waals surface area contributed by atoms with Crippen LogP contribution in [0.5, 0.6) is 11.5 Å². The van der Waals surface area contributed by atoms with E-state index in [1.54, 1.807) is 36.4 Å². The second kappa shape index (κ2) is 9.23. The smallest absolute Gasteiger partial charge is 0.284 e. The molecule has 3 aromatic rings. The lowest BCUT2D eigenvalue weighted by atomic mass is 10.1. The minimum absolute atomic E-state index is 0.151. The van der Waals surface area contributed by atoms with Gasteiger partial charge in [-0.05, 0) is 42.5 Å². The van der Waals surface area contributed by atoms with Crippen molar-refractivity contribution in [1.29, 1.82) is 0 Å². The summed E-state index contributed by atoms with van der Waals surface area (Å²) in [7, 11) is 2.89. The molecule has 0 atom stereocenters. The van der Waals surface area contributed by atoms with Crippen LogP contribution < -0.4 is 14.9 Å². The number of rotatable bonds is 7. The number of amides is 1. The summed E-state index contributed by atoms with van der Waals surface area (Å²) in [6, 6.07) is 12.6. The van der Waals surface area contributed by atoms with Crippen LogP contribution in [0.1, 0.15) is 16.1 Å². The van der Waals surface area contributed by atoms with E-state index in [0.29, 0.717) is 32.9 Å². The lowest BCUT2D eigenvalue weighted by Gasteiger charge is -2.07. The van der Waals surface area contributed by atoms with E-state index in [0.717, 1.165) is 0 Å². The Balaban J connectivity index is 1.77. The molecule has 0 fully saturated rings. The molecule has 0 aliphatic rings. The van der Waals surface area contributed by atoms with Crippen LogP contribution in [-0.4, -0.2) is 31.3 Å². The van der Waals surface area contributed by atoms with Gasteiger partial charge in [0.15, 0.2) is 0 Å². The molecule has 10 heteroatoms. The van der Waals surface area contributed by atoms with Crippen molar-refractivity contribution in [2.75, 3.05) is 14.2 Å². The minimum Gasteiger partial charge on any atom is -0.497 e. The Morgan fingerprint density at radius 3 is 2.67 bits per heavy atom. The SMILES string of the molecule is COc1ccc(-c2ccc(/C=N\NC(=O)c3cc(Br)ccc3OC)o2)c([N+](=O)[O-])c1. The first-order valence-electron chi connectivity index (χ1n) is 8.52. The Hall–Kier alpha value is -3.66. The van der Waals surface area contributed by atoms with Crippen molar-refractivity contribution in [1.82, 2.24) is 5.43 Å². The zero-order chi connectivity index (χ0) is 21.7. The van der Waals surface area contributed by atoms with Gasteiger partial charge in [-0.2, -0.15) is 5.10 Å². The van der Waals surface area contributed by atoms with Crippen LogP contribution in [0.25, 0.3) is 11.3 Å². The van der Waals surface area contributed by atoms with Crippen LogP contribution in [0.2, 0.25) is 0 Å². The summed E-state index contributed by atoms with van der Waals surface area (Å²) in [5.74, 6) is 0.881. The van der Waals surface area contributed by atoms with Crippen molar-refractivity contribution in [2.24, 2.45) is 5.10 Å². The average molecular weight is 474 g/mol. The van der Waals surface area contributed by atoms with Gasteiger partial charge in [-0.25, -0.2) is 5.43 Å². The lowest BCUT2D eigenvalue weighted by Crippen LogP contribution is -2.18. The molecule has 2 aromatic carbocycles. The third-order valence-corrected chi connectivity index (χ3v) is 4.55. The van der Waals surface area contributed by atoms with E-state index in [4.69, 9.17) is 13.9 Å². The van der Waals surface area contributed by atoms with Gasteiger partial charge in [0, 0.05) is 4.47 Å². The number of nitro benzene ring substituents is 1. The molecule has 0 bridgehead atoms. The maximum Gasteiger partial charge on any atom is 0.284 e. The molecule has 1 amide bonds. The number of hydrogen-bond donors (Lipinski definition) is 1. The van der Waals surface area contributed by atoms with Gasteiger partial charge >= 0.3 is 0 Å². The van der Waals surface area contributed by atoms with E-state index in [1.165, 1.54) is 32.6 Å². The molecular weight excluding hydrogens is 458 g/mol. The Kier molecular flexibility index (Phi) is 6.48. The van der Waals surface area contributed by atoms with Crippen LogP contribution in [0.4, 0.5) is 5.69 Å². The van der Waals surface area contributed by atoms with Crippen molar-refractivity contribution in [2.45, 2.75) is 0 Å². The molecular formula is C20H16BrN3O6. The number of nitro groups is 1. The summed E-state index contributed by atoms with van der Waals surface area (Å²) in [6.45, 7) is 0. The fourth-order valence-corrected chi connectivity index (χ4v) is 3.00. The number of ether oxygens (including phenoxy) is 2. The molecule has 0 aliphatic heterocycles. The molecule has 0 saturated heterocycles. The van der Waals surface area contributed by atoms with Crippen molar-refractivity contribution < 1.29 is 23.6 Å². The minimum atomic E-state index is -0.514. The van der Waals surface area contributed by atoms with E-state index in [9.17, 15) is 14.9 Å². The molecule has 9 nitrogen and oxygen atoms in total. The first kappa shape index (κ1) is 21.1. The zero-order valence-corrected chi connectivity index (χ0v) is 17.5. The molecule has 0 spiro atoms. The average Bonchev–Trinajstić information content (AvgIpc) is 3.21. The number of benzene rings is 2. The molecule has 1 N–H and O–H groups in total. The van der Waals surface area contributed by atoms with Gasteiger partial charge in [-0.3, -0.25) is 14.9 Å². The fourth-order valence-electron chi connectivity index (χ4n) is 2.64. The van der Waals surface area contributed by atoms with Crippen molar-refractivity contribution in [3.05, 3.63) is 74.4 Å². The zero-order valence-electron chi connectivity index (χ0n) is 15.9. The highest BCUT2D eigenvalue weighted by molar-refractivity contribution is 9.10. The second-order valence-electron chi connectivity index (χ2n) is 5.89. The predicted molar refractivity (Wildman–Crippen MR) is 113 cm³/mol. The van der Waals surface area contributed by atoms with E-state index in [-0.39, 0.29) is 11.4 Å². The summed E-state index contributed by atoms with van der Waals surface area (Å²) in [4.78, 5) is 23.2. The van der Waals surface area contributed by atoms with Gasteiger partial charge in [-0.1, -0.05) is 15.9 Å². The molecule has 30 heavy (non-hydrogen) atoms. The fraction of sp³-hybridized carbons (Fsp3) is 0.100. The van der Waals surface area contributed by atoms with Crippen molar-refractivity contribution in [3.8, 4) is 22.8 Å². The first-order chi connectivity index (χ1) is 14.4. The Bertz CT molecular complexity index is 1130. The number of halogens is 1. The van der Waals surface area contributed by atoms with Gasteiger partial charge in [0.1, 0.15) is 23.0 Å². The number of carbonyl (C=O) groups is 1. The monoisotopic (exact) mass is 473 g/mol. The van der Waals surface area contributed by atoms with Gasteiger partial charge < -0.3 is 13.9 Å². The number of hydrazone groups is 1. The van der Waals surface area contributed by atoms with Gasteiger partial charge in [0.2, 0.25) is 0 Å². The summed E-state index contributed by atoms with van der Waals surface area (Å²) in [6.07, 6.45) is 1.29. The molecule has 3 rings (SSSR count). The van der Waals surface area contributed by atoms with Crippen LogP contribution in [-0.2, 0) is 0 Å². The molecule has 0 unspecified atom stereocenters. The second-order valence-corrected chi connectivity index (χ2v) is 6.80. The molecule has 0 saturated carbocycles. The Morgan fingerprint density at radius 1 is 1.17 bits per heavy atom. The largest absolute Gasteiger partial charge is 0.497 e. The van der Waals surface area contributed by atoms with Crippen molar-refractivity contribution in [3.63, 3.8) is 0 Å². The number of hydrogen-bond acceptors (Lipinski definition) is 7. The van der Waals surface area contributed by atoms with Gasteiger partial charge in [0.05, 0.1) is 42.6 Å².